The maximum atomic E-state index is 13.1. The Kier molecular flexibility index (Phi) is 4.32. The van der Waals surface area contributed by atoms with Crippen LogP contribution in [0.25, 0.3) is 33.2 Å². The summed E-state index contributed by atoms with van der Waals surface area (Å²) in [5, 5.41) is 19.9. The molecular weight excluding hydrogens is 380 g/mol. The highest BCUT2D eigenvalue weighted by Crippen LogP contribution is 2.35. The molecule has 8 heteroatoms. The van der Waals surface area contributed by atoms with Crippen molar-refractivity contribution in [1.82, 2.24) is 29.6 Å². The van der Waals surface area contributed by atoms with Crippen LogP contribution in [0.15, 0.2) is 35.5 Å². The van der Waals surface area contributed by atoms with Crippen LogP contribution in [0.1, 0.15) is 31.4 Å². The summed E-state index contributed by atoms with van der Waals surface area (Å²) in [5.41, 5.74) is 2.47. The van der Waals surface area contributed by atoms with E-state index in [4.69, 9.17) is 0 Å². The average molecular weight is 404 g/mol. The van der Waals surface area contributed by atoms with Gasteiger partial charge in [-0.05, 0) is 45.4 Å². The van der Waals surface area contributed by atoms with Crippen molar-refractivity contribution >= 4 is 21.8 Å². The van der Waals surface area contributed by atoms with Crippen LogP contribution < -0.4 is 10.9 Å². The van der Waals surface area contributed by atoms with E-state index in [1.165, 1.54) is 0 Å². The van der Waals surface area contributed by atoms with Gasteiger partial charge in [-0.3, -0.25) is 9.48 Å². The fraction of sp³-hybridized carbons (Fsp3) is 0.364. The molecule has 0 spiro atoms. The summed E-state index contributed by atoms with van der Waals surface area (Å²) in [7, 11) is 1.84. The molecule has 0 amide bonds. The highest BCUT2D eigenvalue weighted by atomic mass is 16.3. The van der Waals surface area contributed by atoms with Crippen LogP contribution in [0, 0.1) is 6.92 Å². The number of pyridine rings is 1. The van der Waals surface area contributed by atoms with Crippen molar-refractivity contribution in [3.63, 3.8) is 0 Å². The number of nitrogens with zero attached hydrogens (tertiary/aromatic N) is 5. The molecule has 5 rings (SSSR count). The first kappa shape index (κ1) is 18.7. The van der Waals surface area contributed by atoms with Gasteiger partial charge in [0.05, 0.1) is 22.0 Å². The number of hydrogen-bond acceptors (Lipinski definition) is 6. The van der Waals surface area contributed by atoms with E-state index >= 15 is 0 Å². The molecule has 1 saturated heterocycles. The molecule has 2 atom stereocenters. The fourth-order valence-electron chi connectivity index (χ4n) is 4.43. The monoisotopic (exact) mass is 404 g/mol. The Balaban J connectivity index is 1.61. The molecule has 0 radical (unpaired) electrons. The molecule has 1 aliphatic rings. The standard InChI is InChI=1S/C22H24N6O2/c1-12-8-15(4-6-23-12)28-7-5-18-17(22(28)30)10-24-21(25-18)16-9-14-11-27(3)26-19(14)13(2)20(16)29/h5,7,9-12,15,23,29H,4,6,8H2,1-3H3. The minimum absolute atomic E-state index is 0.0683. The van der Waals surface area contributed by atoms with Crippen LogP contribution in [0.3, 0.4) is 0 Å². The summed E-state index contributed by atoms with van der Waals surface area (Å²) in [4.78, 5) is 22.1. The topological polar surface area (TPSA) is 97.9 Å². The largest absolute Gasteiger partial charge is 0.507 e. The Morgan fingerprint density at radius 2 is 2.17 bits per heavy atom. The number of piperidine rings is 1. The lowest BCUT2D eigenvalue weighted by Gasteiger charge is -2.29. The van der Waals surface area contributed by atoms with Crippen LogP contribution in [-0.4, -0.2) is 42.0 Å². The zero-order valence-corrected chi connectivity index (χ0v) is 17.3. The number of aromatic hydroxyl groups is 1. The summed E-state index contributed by atoms with van der Waals surface area (Å²) >= 11 is 0. The number of fused-ring (bicyclic) bond motifs is 2. The van der Waals surface area contributed by atoms with Gasteiger partial charge in [0.2, 0.25) is 0 Å². The van der Waals surface area contributed by atoms with Crippen molar-refractivity contribution in [2.24, 2.45) is 7.05 Å². The van der Waals surface area contributed by atoms with Gasteiger partial charge in [0.25, 0.3) is 5.56 Å². The molecule has 154 valence electrons. The fourth-order valence-corrected chi connectivity index (χ4v) is 4.43. The number of aryl methyl sites for hydroxylation is 2. The molecule has 1 fully saturated rings. The van der Waals surface area contributed by atoms with Gasteiger partial charge in [0.1, 0.15) is 5.75 Å². The van der Waals surface area contributed by atoms with Crippen LogP contribution in [0.5, 0.6) is 5.75 Å². The molecule has 0 aliphatic carbocycles. The van der Waals surface area contributed by atoms with Gasteiger partial charge in [0, 0.05) is 48.7 Å². The van der Waals surface area contributed by atoms with E-state index in [2.05, 4.69) is 27.3 Å². The number of benzene rings is 1. The lowest BCUT2D eigenvalue weighted by Crippen LogP contribution is -2.39. The van der Waals surface area contributed by atoms with Crippen LogP contribution >= 0.6 is 0 Å². The second-order valence-electron chi connectivity index (χ2n) is 8.19. The molecule has 30 heavy (non-hydrogen) atoms. The number of phenolic OH excluding ortho intramolecular Hbond substituents is 1. The molecule has 1 aliphatic heterocycles. The molecule has 8 nitrogen and oxygen atoms in total. The molecule has 3 aromatic heterocycles. The third-order valence-electron chi connectivity index (χ3n) is 6.03. The van der Waals surface area contributed by atoms with Crippen molar-refractivity contribution < 1.29 is 5.11 Å². The quantitative estimate of drug-likeness (QED) is 0.533. The van der Waals surface area contributed by atoms with Crippen molar-refractivity contribution in [3.8, 4) is 17.1 Å². The van der Waals surface area contributed by atoms with Crippen molar-refractivity contribution in [2.75, 3.05) is 6.54 Å². The highest BCUT2D eigenvalue weighted by molar-refractivity contribution is 5.90. The Labute approximate surface area is 173 Å². The first-order valence-corrected chi connectivity index (χ1v) is 10.2. The van der Waals surface area contributed by atoms with E-state index in [0.717, 1.165) is 30.3 Å². The van der Waals surface area contributed by atoms with Crippen LogP contribution in [0.2, 0.25) is 0 Å². The molecule has 0 saturated carbocycles. The third kappa shape index (κ3) is 2.95. The maximum Gasteiger partial charge on any atom is 0.261 e. The minimum atomic E-state index is -0.0683. The van der Waals surface area contributed by atoms with Crippen molar-refractivity contribution in [2.45, 2.75) is 38.8 Å². The smallest absolute Gasteiger partial charge is 0.261 e. The van der Waals surface area contributed by atoms with Crippen molar-refractivity contribution in [3.05, 3.63) is 46.6 Å². The molecule has 4 heterocycles. The van der Waals surface area contributed by atoms with Gasteiger partial charge in [-0.2, -0.15) is 5.10 Å². The van der Waals surface area contributed by atoms with Gasteiger partial charge in [-0.1, -0.05) is 0 Å². The van der Waals surface area contributed by atoms with Crippen molar-refractivity contribution in [1.29, 1.82) is 0 Å². The van der Waals surface area contributed by atoms with Gasteiger partial charge >= 0.3 is 0 Å². The van der Waals surface area contributed by atoms with E-state index < -0.39 is 0 Å². The second kappa shape index (κ2) is 6.91. The lowest BCUT2D eigenvalue weighted by molar-refractivity contribution is 0.309. The molecule has 1 aromatic carbocycles. The van der Waals surface area contributed by atoms with E-state index in [0.29, 0.717) is 33.9 Å². The predicted octanol–water partition coefficient (Wildman–Crippen LogP) is 2.67. The number of nitrogens with one attached hydrogen (secondary N) is 1. The summed E-state index contributed by atoms with van der Waals surface area (Å²) < 4.78 is 3.53. The highest BCUT2D eigenvalue weighted by Gasteiger charge is 2.22. The Hall–Kier alpha value is -3.26. The molecule has 4 aromatic rings. The van der Waals surface area contributed by atoms with Crippen LogP contribution in [-0.2, 0) is 7.05 Å². The lowest BCUT2D eigenvalue weighted by atomic mass is 10.00. The SMILES string of the molecule is Cc1c(O)c(-c2ncc3c(=O)n(C4CCNC(C)C4)ccc3n2)cc2cn(C)nc12. The van der Waals surface area contributed by atoms with Gasteiger partial charge in [-0.15, -0.1) is 0 Å². The molecule has 0 bridgehead atoms. The summed E-state index contributed by atoms with van der Waals surface area (Å²) in [6.45, 7) is 4.87. The minimum Gasteiger partial charge on any atom is -0.507 e. The van der Waals surface area contributed by atoms with E-state index in [1.54, 1.807) is 10.9 Å². The van der Waals surface area contributed by atoms with Gasteiger partial charge in [-0.25, -0.2) is 9.97 Å². The van der Waals surface area contributed by atoms with Crippen LogP contribution in [0.4, 0.5) is 0 Å². The molecule has 2 N–H and O–H groups in total. The number of aromatic nitrogens is 5. The maximum absolute atomic E-state index is 13.1. The average Bonchev–Trinajstić information content (AvgIpc) is 3.11. The predicted molar refractivity (Wildman–Crippen MR) is 116 cm³/mol. The van der Waals surface area contributed by atoms with E-state index in [-0.39, 0.29) is 17.4 Å². The third-order valence-corrected chi connectivity index (χ3v) is 6.03. The summed E-state index contributed by atoms with van der Waals surface area (Å²) in [6, 6.07) is 4.26. The van der Waals surface area contributed by atoms with E-state index in [9.17, 15) is 9.90 Å². The second-order valence-corrected chi connectivity index (χ2v) is 8.19. The summed E-state index contributed by atoms with van der Waals surface area (Å²) in [5.74, 6) is 0.499. The summed E-state index contributed by atoms with van der Waals surface area (Å²) in [6.07, 6.45) is 7.14. The zero-order valence-electron chi connectivity index (χ0n) is 17.3. The van der Waals surface area contributed by atoms with E-state index in [1.807, 2.05) is 43.1 Å². The Bertz CT molecular complexity index is 1340. The molecule has 2 unspecified atom stereocenters. The Morgan fingerprint density at radius 1 is 1.33 bits per heavy atom. The first-order valence-electron chi connectivity index (χ1n) is 10.2. The van der Waals surface area contributed by atoms with Gasteiger partial charge < -0.3 is 15.0 Å². The normalized spacial score (nSPS) is 19.6. The first-order chi connectivity index (χ1) is 14.4. The number of rotatable bonds is 2. The zero-order chi connectivity index (χ0) is 21.0. The van der Waals surface area contributed by atoms with Gasteiger partial charge in [0.15, 0.2) is 5.82 Å². The molecular formula is C22H24N6O2. The Morgan fingerprint density at radius 3 is 2.97 bits per heavy atom. The number of hydrogen-bond donors (Lipinski definition) is 2. The number of phenols is 1.